The summed E-state index contributed by atoms with van der Waals surface area (Å²) in [6, 6.07) is 7.09. The standard InChI is InChI=1S/C14H15BrFNS/c1-3-17-13(14-9(2)6-7-18-14)11-5-4-10(16)8-12(11)15/h4-8,13,17H,3H2,1-2H3. The highest BCUT2D eigenvalue weighted by atomic mass is 79.9. The van der Waals surface area contributed by atoms with E-state index in [1.54, 1.807) is 11.3 Å². The summed E-state index contributed by atoms with van der Waals surface area (Å²) in [5.41, 5.74) is 2.34. The summed E-state index contributed by atoms with van der Waals surface area (Å²) in [6.07, 6.45) is 0. The average molecular weight is 328 g/mol. The maximum atomic E-state index is 13.2. The zero-order valence-electron chi connectivity index (χ0n) is 10.3. The lowest BCUT2D eigenvalue weighted by atomic mass is 10.0. The summed E-state index contributed by atoms with van der Waals surface area (Å²) in [5, 5.41) is 5.55. The first-order valence-electron chi connectivity index (χ1n) is 5.85. The largest absolute Gasteiger partial charge is 0.306 e. The lowest BCUT2D eigenvalue weighted by Crippen LogP contribution is -2.22. The minimum absolute atomic E-state index is 0.116. The number of aryl methyl sites for hydroxylation is 1. The Kier molecular flexibility index (Phi) is 4.54. The Balaban J connectivity index is 2.45. The van der Waals surface area contributed by atoms with Crippen molar-refractivity contribution < 1.29 is 4.39 Å². The predicted molar refractivity (Wildman–Crippen MR) is 78.7 cm³/mol. The van der Waals surface area contributed by atoms with Gasteiger partial charge in [0.2, 0.25) is 0 Å². The topological polar surface area (TPSA) is 12.0 Å². The molecule has 0 saturated carbocycles. The third-order valence-corrected chi connectivity index (χ3v) is 4.62. The van der Waals surface area contributed by atoms with E-state index in [0.29, 0.717) is 0 Å². The number of hydrogen-bond donors (Lipinski definition) is 1. The van der Waals surface area contributed by atoms with Gasteiger partial charge < -0.3 is 5.32 Å². The molecule has 1 unspecified atom stereocenters. The Hall–Kier alpha value is -0.710. The number of benzene rings is 1. The minimum Gasteiger partial charge on any atom is -0.306 e. The Morgan fingerprint density at radius 3 is 2.72 bits per heavy atom. The molecule has 0 spiro atoms. The highest BCUT2D eigenvalue weighted by molar-refractivity contribution is 9.10. The van der Waals surface area contributed by atoms with Gasteiger partial charge in [-0.1, -0.05) is 28.9 Å². The number of rotatable bonds is 4. The van der Waals surface area contributed by atoms with Crippen LogP contribution >= 0.6 is 27.3 Å². The van der Waals surface area contributed by atoms with Gasteiger partial charge in [0.05, 0.1) is 6.04 Å². The normalized spacial score (nSPS) is 12.7. The van der Waals surface area contributed by atoms with E-state index < -0.39 is 0 Å². The van der Waals surface area contributed by atoms with Gasteiger partial charge in [-0.25, -0.2) is 4.39 Å². The van der Waals surface area contributed by atoms with Gasteiger partial charge in [-0.05, 0) is 48.2 Å². The predicted octanol–water partition coefficient (Wildman–Crippen LogP) is 4.66. The highest BCUT2D eigenvalue weighted by Crippen LogP contribution is 2.33. The van der Waals surface area contributed by atoms with Crippen LogP contribution in [0.3, 0.4) is 0 Å². The maximum absolute atomic E-state index is 13.2. The zero-order valence-corrected chi connectivity index (χ0v) is 12.7. The summed E-state index contributed by atoms with van der Waals surface area (Å²) < 4.78 is 14.0. The summed E-state index contributed by atoms with van der Waals surface area (Å²) in [7, 11) is 0. The van der Waals surface area contributed by atoms with Crippen LogP contribution in [0.1, 0.15) is 29.0 Å². The number of halogens is 2. The van der Waals surface area contributed by atoms with Gasteiger partial charge in [0.1, 0.15) is 5.82 Å². The maximum Gasteiger partial charge on any atom is 0.124 e. The molecule has 1 heterocycles. The summed E-state index contributed by atoms with van der Waals surface area (Å²) in [5.74, 6) is -0.219. The van der Waals surface area contributed by atoms with Crippen molar-refractivity contribution in [2.24, 2.45) is 0 Å². The highest BCUT2D eigenvalue weighted by Gasteiger charge is 2.19. The molecule has 18 heavy (non-hydrogen) atoms. The lowest BCUT2D eigenvalue weighted by Gasteiger charge is -2.19. The average Bonchev–Trinajstić information content (AvgIpc) is 2.73. The summed E-state index contributed by atoms with van der Waals surface area (Å²) in [6.45, 7) is 5.05. The molecule has 0 radical (unpaired) electrons. The van der Waals surface area contributed by atoms with Crippen molar-refractivity contribution in [1.29, 1.82) is 0 Å². The van der Waals surface area contributed by atoms with Crippen molar-refractivity contribution in [3.05, 3.63) is 55.9 Å². The Morgan fingerprint density at radius 1 is 1.39 bits per heavy atom. The molecule has 4 heteroatoms. The lowest BCUT2D eigenvalue weighted by molar-refractivity contribution is 0.613. The van der Waals surface area contributed by atoms with Crippen molar-refractivity contribution >= 4 is 27.3 Å². The van der Waals surface area contributed by atoms with Gasteiger partial charge in [-0.15, -0.1) is 11.3 Å². The first-order chi connectivity index (χ1) is 8.63. The molecule has 0 fully saturated rings. The molecule has 0 saturated heterocycles. The number of thiophene rings is 1. The first kappa shape index (κ1) is 13.7. The third-order valence-electron chi connectivity index (χ3n) is 2.85. The number of nitrogens with one attached hydrogen (secondary N) is 1. The Morgan fingerprint density at radius 2 is 2.17 bits per heavy atom. The third kappa shape index (κ3) is 2.82. The molecule has 1 N–H and O–H groups in total. The van der Waals surface area contributed by atoms with Crippen molar-refractivity contribution in [3.63, 3.8) is 0 Å². The smallest absolute Gasteiger partial charge is 0.124 e. The zero-order chi connectivity index (χ0) is 13.1. The van der Waals surface area contributed by atoms with Crippen LogP contribution in [-0.4, -0.2) is 6.54 Å². The molecule has 0 aliphatic heterocycles. The van der Waals surface area contributed by atoms with E-state index in [2.05, 4.69) is 46.5 Å². The van der Waals surface area contributed by atoms with Crippen molar-refractivity contribution in [2.45, 2.75) is 19.9 Å². The monoisotopic (exact) mass is 327 g/mol. The van der Waals surface area contributed by atoms with Crippen molar-refractivity contribution in [1.82, 2.24) is 5.32 Å². The molecule has 0 aliphatic carbocycles. The molecule has 0 amide bonds. The molecule has 1 aromatic carbocycles. The van der Waals surface area contributed by atoms with Gasteiger partial charge in [-0.2, -0.15) is 0 Å². The Labute approximate surface area is 119 Å². The van der Waals surface area contributed by atoms with Crippen LogP contribution in [0.4, 0.5) is 4.39 Å². The molecule has 1 atom stereocenters. The fourth-order valence-electron chi connectivity index (χ4n) is 1.96. The molecule has 1 nitrogen and oxygen atoms in total. The molecular weight excluding hydrogens is 313 g/mol. The van der Waals surface area contributed by atoms with E-state index in [9.17, 15) is 4.39 Å². The van der Waals surface area contributed by atoms with Crippen LogP contribution in [-0.2, 0) is 0 Å². The minimum atomic E-state index is -0.219. The van der Waals surface area contributed by atoms with Crippen LogP contribution < -0.4 is 5.32 Å². The quantitative estimate of drug-likeness (QED) is 0.861. The van der Waals surface area contributed by atoms with E-state index in [1.807, 2.05) is 6.07 Å². The second-order valence-electron chi connectivity index (χ2n) is 4.12. The van der Waals surface area contributed by atoms with E-state index in [4.69, 9.17) is 0 Å². The summed E-state index contributed by atoms with van der Waals surface area (Å²) >= 11 is 5.18. The van der Waals surface area contributed by atoms with Crippen LogP contribution in [0.5, 0.6) is 0 Å². The van der Waals surface area contributed by atoms with E-state index in [0.717, 1.165) is 16.6 Å². The van der Waals surface area contributed by atoms with Crippen LogP contribution in [0.15, 0.2) is 34.1 Å². The van der Waals surface area contributed by atoms with E-state index in [-0.39, 0.29) is 11.9 Å². The molecule has 2 rings (SSSR count). The second-order valence-corrected chi connectivity index (χ2v) is 5.93. The molecular formula is C14H15BrFNS. The summed E-state index contributed by atoms with van der Waals surface area (Å²) in [4.78, 5) is 1.28. The van der Waals surface area contributed by atoms with E-state index >= 15 is 0 Å². The van der Waals surface area contributed by atoms with Crippen molar-refractivity contribution in [3.8, 4) is 0 Å². The van der Waals surface area contributed by atoms with Gasteiger partial charge >= 0.3 is 0 Å². The molecule has 0 bridgehead atoms. The van der Waals surface area contributed by atoms with Gasteiger partial charge in [0.15, 0.2) is 0 Å². The van der Waals surface area contributed by atoms with Crippen LogP contribution in [0.25, 0.3) is 0 Å². The van der Waals surface area contributed by atoms with Crippen molar-refractivity contribution in [2.75, 3.05) is 6.54 Å². The first-order valence-corrected chi connectivity index (χ1v) is 7.53. The van der Waals surface area contributed by atoms with Crippen LogP contribution in [0, 0.1) is 12.7 Å². The van der Waals surface area contributed by atoms with Gasteiger partial charge in [-0.3, -0.25) is 0 Å². The fraction of sp³-hybridized carbons (Fsp3) is 0.286. The number of hydrogen-bond acceptors (Lipinski definition) is 2. The van der Waals surface area contributed by atoms with E-state index in [1.165, 1.54) is 22.6 Å². The molecule has 0 aliphatic rings. The van der Waals surface area contributed by atoms with Gasteiger partial charge in [0, 0.05) is 9.35 Å². The molecule has 1 aromatic heterocycles. The SMILES string of the molecule is CCNC(c1ccc(F)cc1Br)c1sccc1C. The van der Waals surface area contributed by atoms with Crippen LogP contribution in [0.2, 0.25) is 0 Å². The molecule has 2 aromatic rings. The van der Waals surface area contributed by atoms with Gasteiger partial charge in [0.25, 0.3) is 0 Å². The second kappa shape index (κ2) is 5.95. The fourth-order valence-corrected chi connectivity index (χ4v) is 3.56. The Bertz CT molecular complexity index is 538. The molecule has 96 valence electrons.